The van der Waals surface area contributed by atoms with E-state index in [0.29, 0.717) is 6.42 Å². The van der Waals surface area contributed by atoms with Gasteiger partial charge in [-0.3, -0.25) is 9.69 Å². The minimum atomic E-state index is 0.243. The first-order chi connectivity index (χ1) is 14.7. The van der Waals surface area contributed by atoms with E-state index in [2.05, 4.69) is 34.1 Å². The van der Waals surface area contributed by atoms with E-state index in [0.717, 1.165) is 69.4 Å². The van der Waals surface area contributed by atoms with Crippen LogP contribution >= 0.6 is 0 Å². The molecule has 0 radical (unpaired) electrons. The van der Waals surface area contributed by atoms with Crippen molar-refractivity contribution in [1.29, 1.82) is 0 Å². The van der Waals surface area contributed by atoms with Gasteiger partial charge in [0.25, 0.3) is 0 Å². The Kier molecular flexibility index (Phi) is 6.55. The van der Waals surface area contributed by atoms with Crippen LogP contribution in [0.3, 0.4) is 0 Å². The smallest absolute Gasteiger partial charge is 0.228 e. The van der Waals surface area contributed by atoms with E-state index in [1.165, 1.54) is 11.1 Å². The number of carbonyl (C=O) groups is 1. The average molecular weight is 410 g/mol. The molecule has 2 aliphatic rings. The molecule has 0 aliphatic carbocycles. The number of rotatable bonds is 7. The summed E-state index contributed by atoms with van der Waals surface area (Å²) in [7, 11) is 3.33. The predicted molar refractivity (Wildman–Crippen MR) is 118 cm³/mol. The second kappa shape index (κ2) is 9.49. The van der Waals surface area contributed by atoms with Crippen molar-refractivity contribution in [2.24, 2.45) is 0 Å². The number of para-hydroxylation sites is 1. The van der Waals surface area contributed by atoms with Crippen molar-refractivity contribution in [3.05, 3.63) is 53.6 Å². The summed E-state index contributed by atoms with van der Waals surface area (Å²) in [6.07, 6.45) is 1.56. The Hall–Kier alpha value is -2.57. The van der Waals surface area contributed by atoms with Crippen LogP contribution in [-0.2, 0) is 17.8 Å². The van der Waals surface area contributed by atoms with E-state index in [9.17, 15) is 4.79 Å². The molecule has 2 aromatic rings. The number of nitrogens with zero attached hydrogens (tertiary/aromatic N) is 3. The first-order valence-electron chi connectivity index (χ1n) is 10.7. The number of fused-ring (bicyclic) bond motifs is 1. The molecule has 1 amide bonds. The molecule has 0 unspecified atom stereocenters. The third-order valence-electron chi connectivity index (χ3n) is 6.15. The molecule has 0 bridgehead atoms. The van der Waals surface area contributed by atoms with Crippen LogP contribution in [0.25, 0.3) is 0 Å². The van der Waals surface area contributed by atoms with Crippen LogP contribution < -0.4 is 14.4 Å². The summed E-state index contributed by atoms with van der Waals surface area (Å²) >= 11 is 0. The molecule has 0 saturated carbocycles. The van der Waals surface area contributed by atoms with E-state index in [-0.39, 0.29) is 5.91 Å². The van der Waals surface area contributed by atoms with Crippen molar-refractivity contribution in [3.63, 3.8) is 0 Å². The zero-order valence-electron chi connectivity index (χ0n) is 18.0. The maximum absolute atomic E-state index is 12.7. The van der Waals surface area contributed by atoms with Crippen LogP contribution in [-0.4, -0.2) is 69.2 Å². The van der Waals surface area contributed by atoms with E-state index in [1.807, 2.05) is 23.1 Å². The lowest BCUT2D eigenvalue weighted by molar-refractivity contribution is -0.118. The lowest BCUT2D eigenvalue weighted by atomic mass is 10.1. The van der Waals surface area contributed by atoms with Gasteiger partial charge in [0.1, 0.15) is 0 Å². The molecule has 30 heavy (non-hydrogen) atoms. The number of anilines is 1. The minimum Gasteiger partial charge on any atom is -0.493 e. The summed E-state index contributed by atoms with van der Waals surface area (Å²) in [5.41, 5.74) is 3.61. The highest BCUT2D eigenvalue weighted by atomic mass is 16.5. The molecule has 4 rings (SSSR count). The van der Waals surface area contributed by atoms with E-state index >= 15 is 0 Å². The van der Waals surface area contributed by atoms with Crippen molar-refractivity contribution < 1.29 is 14.3 Å². The van der Waals surface area contributed by atoms with Crippen molar-refractivity contribution in [3.8, 4) is 11.5 Å². The molecule has 160 valence electrons. The van der Waals surface area contributed by atoms with Gasteiger partial charge in [0, 0.05) is 57.9 Å². The second-order valence-electron chi connectivity index (χ2n) is 7.98. The van der Waals surface area contributed by atoms with Crippen LogP contribution in [0, 0.1) is 0 Å². The van der Waals surface area contributed by atoms with Crippen molar-refractivity contribution in [1.82, 2.24) is 9.80 Å². The maximum Gasteiger partial charge on any atom is 0.228 e. The van der Waals surface area contributed by atoms with Crippen molar-refractivity contribution in [2.45, 2.75) is 19.4 Å². The lowest BCUT2D eigenvalue weighted by Gasteiger charge is -2.35. The van der Waals surface area contributed by atoms with Crippen LogP contribution in [0.1, 0.15) is 17.5 Å². The molecular formula is C24H31N3O3. The Morgan fingerprint density at radius 3 is 2.40 bits per heavy atom. The number of hydrogen-bond acceptors (Lipinski definition) is 5. The lowest BCUT2D eigenvalue weighted by Crippen LogP contribution is -2.46. The fraction of sp³-hybridized carbons (Fsp3) is 0.458. The Balaban J connectivity index is 1.23. The van der Waals surface area contributed by atoms with Crippen LogP contribution in [0.2, 0.25) is 0 Å². The molecule has 2 aliphatic heterocycles. The molecule has 1 saturated heterocycles. The highest BCUT2D eigenvalue weighted by molar-refractivity contribution is 5.95. The molecule has 1 fully saturated rings. The molecule has 2 heterocycles. The summed E-state index contributed by atoms with van der Waals surface area (Å²) in [5, 5.41) is 0. The van der Waals surface area contributed by atoms with E-state index < -0.39 is 0 Å². The largest absolute Gasteiger partial charge is 0.493 e. The van der Waals surface area contributed by atoms with Crippen LogP contribution in [0.4, 0.5) is 5.69 Å². The van der Waals surface area contributed by atoms with E-state index in [4.69, 9.17) is 9.47 Å². The summed E-state index contributed by atoms with van der Waals surface area (Å²) in [6, 6.07) is 14.4. The topological polar surface area (TPSA) is 45.2 Å². The number of ether oxygens (including phenoxy) is 2. The normalized spacial score (nSPS) is 17.1. The summed E-state index contributed by atoms with van der Waals surface area (Å²) < 4.78 is 10.7. The summed E-state index contributed by atoms with van der Waals surface area (Å²) in [4.78, 5) is 19.6. The van der Waals surface area contributed by atoms with Gasteiger partial charge in [-0.1, -0.05) is 24.3 Å². The Labute approximate surface area is 179 Å². The molecule has 6 heteroatoms. The third kappa shape index (κ3) is 4.60. The fourth-order valence-electron chi connectivity index (χ4n) is 4.39. The summed E-state index contributed by atoms with van der Waals surface area (Å²) in [5.74, 6) is 1.78. The maximum atomic E-state index is 12.7. The van der Waals surface area contributed by atoms with Gasteiger partial charge in [0.05, 0.1) is 14.2 Å². The van der Waals surface area contributed by atoms with E-state index in [1.54, 1.807) is 14.2 Å². The molecule has 0 aromatic heterocycles. The Bertz CT molecular complexity index is 878. The second-order valence-corrected chi connectivity index (χ2v) is 7.98. The SMILES string of the molecule is COc1ccc(CN2CCN(CCC(=O)N3CCc4ccccc43)CC2)cc1OC. The molecule has 6 nitrogen and oxygen atoms in total. The number of piperazine rings is 1. The van der Waals surface area contributed by atoms with Crippen LogP contribution in [0.15, 0.2) is 42.5 Å². The number of amides is 1. The standard InChI is InChI=1S/C24H31N3O3/c1-29-22-8-7-19(17-23(22)30-2)18-26-15-13-25(14-16-26)11-10-24(28)27-12-9-20-5-3-4-6-21(20)27/h3-8,17H,9-16,18H2,1-2H3. The number of methoxy groups -OCH3 is 2. The molecular weight excluding hydrogens is 378 g/mol. The van der Waals surface area contributed by atoms with Gasteiger partial charge in [-0.15, -0.1) is 0 Å². The monoisotopic (exact) mass is 409 g/mol. The van der Waals surface area contributed by atoms with Crippen molar-refractivity contribution in [2.75, 3.05) is 58.4 Å². The van der Waals surface area contributed by atoms with Gasteiger partial charge in [0.15, 0.2) is 11.5 Å². The average Bonchev–Trinajstić information content (AvgIpc) is 3.22. The predicted octanol–water partition coefficient (Wildman–Crippen LogP) is 2.80. The van der Waals surface area contributed by atoms with Gasteiger partial charge in [0.2, 0.25) is 5.91 Å². The third-order valence-corrected chi connectivity index (χ3v) is 6.15. The fourth-order valence-corrected chi connectivity index (χ4v) is 4.39. The van der Waals surface area contributed by atoms with Gasteiger partial charge in [-0.2, -0.15) is 0 Å². The zero-order chi connectivity index (χ0) is 20.9. The molecule has 2 aromatic carbocycles. The first-order valence-corrected chi connectivity index (χ1v) is 10.7. The number of hydrogen-bond donors (Lipinski definition) is 0. The quantitative estimate of drug-likeness (QED) is 0.704. The summed E-state index contributed by atoms with van der Waals surface area (Å²) in [6.45, 7) is 6.56. The van der Waals surface area contributed by atoms with Gasteiger partial charge < -0.3 is 19.3 Å². The minimum absolute atomic E-state index is 0.243. The van der Waals surface area contributed by atoms with Crippen molar-refractivity contribution >= 4 is 11.6 Å². The molecule has 0 N–H and O–H groups in total. The van der Waals surface area contributed by atoms with Gasteiger partial charge in [-0.25, -0.2) is 0 Å². The highest BCUT2D eigenvalue weighted by Crippen LogP contribution is 2.29. The Morgan fingerprint density at radius 2 is 1.63 bits per heavy atom. The van der Waals surface area contributed by atoms with Gasteiger partial charge >= 0.3 is 0 Å². The number of benzene rings is 2. The zero-order valence-corrected chi connectivity index (χ0v) is 18.0. The highest BCUT2D eigenvalue weighted by Gasteiger charge is 2.25. The first kappa shape index (κ1) is 20.7. The molecule has 0 atom stereocenters. The van der Waals surface area contributed by atoms with Gasteiger partial charge in [-0.05, 0) is 35.7 Å². The van der Waals surface area contributed by atoms with Crippen LogP contribution in [0.5, 0.6) is 11.5 Å². The number of carbonyl (C=O) groups excluding carboxylic acids is 1. The Morgan fingerprint density at radius 1 is 0.900 bits per heavy atom. The molecule has 0 spiro atoms.